The first kappa shape index (κ1) is 21.6. The van der Waals surface area contributed by atoms with Gasteiger partial charge >= 0.3 is 6.18 Å². The highest BCUT2D eigenvalue weighted by molar-refractivity contribution is 5.96. The van der Waals surface area contributed by atoms with E-state index in [2.05, 4.69) is 12.0 Å². The number of halogens is 3. The maximum absolute atomic E-state index is 13.6. The quantitative estimate of drug-likeness (QED) is 0.689. The highest BCUT2D eigenvalue weighted by Crippen LogP contribution is 2.42. The monoisotopic (exact) mass is 436 g/mol. The molecule has 31 heavy (non-hydrogen) atoms. The van der Waals surface area contributed by atoms with E-state index in [1.165, 1.54) is 11.0 Å². The largest absolute Gasteiger partial charge is 0.433 e. The first-order valence-corrected chi connectivity index (χ1v) is 10.7. The number of rotatable bonds is 6. The third kappa shape index (κ3) is 4.27. The van der Waals surface area contributed by atoms with Gasteiger partial charge in [-0.2, -0.15) is 18.3 Å². The molecule has 4 rings (SSSR count). The molecule has 0 bridgehead atoms. The minimum absolute atomic E-state index is 0.0898. The Morgan fingerprint density at radius 2 is 1.87 bits per heavy atom. The number of carbonyl (C=O) groups excluding carboxylic acids is 2. The molecule has 6 nitrogen and oxygen atoms in total. The van der Waals surface area contributed by atoms with Crippen molar-refractivity contribution in [2.45, 2.75) is 57.7 Å². The van der Waals surface area contributed by atoms with Crippen molar-refractivity contribution in [1.82, 2.24) is 19.4 Å². The van der Waals surface area contributed by atoms with Crippen LogP contribution in [-0.4, -0.2) is 57.4 Å². The summed E-state index contributed by atoms with van der Waals surface area (Å²) in [4.78, 5) is 28.6. The molecule has 0 spiro atoms. The lowest BCUT2D eigenvalue weighted by molar-refractivity contribution is -0.142. The Morgan fingerprint density at radius 1 is 1.19 bits per heavy atom. The molecule has 2 aromatic heterocycles. The average Bonchev–Trinajstić information content (AvgIpc) is 3.45. The van der Waals surface area contributed by atoms with Crippen LogP contribution >= 0.6 is 0 Å². The summed E-state index contributed by atoms with van der Waals surface area (Å²) in [5.74, 6) is -0.000875. The highest BCUT2D eigenvalue weighted by Gasteiger charge is 2.37. The maximum Gasteiger partial charge on any atom is 0.433 e. The van der Waals surface area contributed by atoms with E-state index in [-0.39, 0.29) is 42.2 Å². The van der Waals surface area contributed by atoms with Crippen LogP contribution in [0.25, 0.3) is 5.52 Å². The molecule has 0 atom stereocenters. The van der Waals surface area contributed by atoms with Crippen molar-refractivity contribution < 1.29 is 22.8 Å². The van der Waals surface area contributed by atoms with Crippen LogP contribution in [0.2, 0.25) is 0 Å². The lowest BCUT2D eigenvalue weighted by Crippen LogP contribution is -2.49. The Balaban J connectivity index is 1.58. The van der Waals surface area contributed by atoms with Crippen LogP contribution in [0.1, 0.15) is 67.2 Å². The molecule has 0 aromatic carbocycles. The van der Waals surface area contributed by atoms with E-state index in [1.54, 1.807) is 24.9 Å². The number of aromatic nitrogens is 2. The van der Waals surface area contributed by atoms with Gasteiger partial charge in [-0.3, -0.25) is 9.59 Å². The van der Waals surface area contributed by atoms with Gasteiger partial charge in [-0.15, -0.1) is 0 Å². The predicted molar refractivity (Wildman–Crippen MR) is 109 cm³/mol. The SMILES string of the molecule is CCN(CC(=O)N(C)C1CC(C)C1)C(=O)c1cc2cc(C3CC3)cc(C(F)(F)F)n2n1. The normalized spacial score (nSPS) is 21.1. The fourth-order valence-electron chi connectivity index (χ4n) is 4.23. The van der Waals surface area contributed by atoms with Crippen molar-refractivity contribution >= 4 is 17.3 Å². The molecule has 0 saturated heterocycles. The molecule has 0 unspecified atom stereocenters. The second kappa shape index (κ2) is 7.84. The van der Waals surface area contributed by atoms with Crippen LogP contribution in [0.3, 0.4) is 0 Å². The molecule has 2 heterocycles. The van der Waals surface area contributed by atoms with E-state index in [0.29, 0.717) is 11.5 Å². The second-order valence-corrected chi connectivity index (χ2v) is 8.87. The zero-order valence-electron chi connectivity index (χ0n) is 17.9. The summed E-state index contributed by atoms with van der Waals surface area (Å²) >= 11 is 0. The van der Waals surface area contributed by atoms with E-state index in [4.69, 9.17) is 0 Å². The van der Waals surface area contributed by atoms with Gasteiger partial charge in [-0.05, 0) is 68.2 Å². The van der Waals surface area contributed by atoms with Gasteiger partial charge in [0.05, 0.1) is 5.52 Å². The van der Waals surface area contributed by atoms with E-state index in [0.717, 1.165) is 36.3 Å². The molecule has 0 aliphatic heterocycles. The predicted octanol–water partition coefficient (Wildman–Crippen LogP) is 3.95. The van der Waals surface area contributed by atoms with Crippen LogP contribution in [0, 0.1) is 5.92 Å². The molecule has 9 heteroatoms. The minimum atomic E-state index is -4.58. The van der Waals surface area contributed by atoms with Crippen LogP contribution in [0.15, 0.2) is 18.2 Å². The van der Waals surface area contributed by atoms with Gasteiger partial charge < -0.3 is 9.80 Å². The fourth-order valence-corrected chi connectivity index (χ4v) is 4.23. The Bertz CT molecular complexity index is 1010. The third-order valence-corrected chi connectivity index (χ3v) is 6.43. The van der Waals surface area contributed by atoms with Gasteiger partial charge in [0.2, 0.25) is 5.91 Å². The van der Waals surface area contributed by atoms with Gasteiger partial charge in [-0.25, -0.2) is 4.52 Å². The van der Waals surface area contributed by atoms with E-state index in [9.17, 15) is 22.8 Å². The molecule has 0 N–H and O–H groups in total. The van der Waals surface area contributed by atoms with Crippen molar-refractivity contribution in [1.29, 1.82) is 0 Å². The van der Waals surface area contributed by atoms with Gasteiger partial charge in [0.1, 0.15) is 12.2 Å². The van der Waals surface area contributed by atoms with E-state index in [1.807, 2.05) is 0 Å². The standard InChI is InChI=1S/C22H27F3N4O2/c1-4-28(12-20(30)27(3)16-7-13(2)8-16)21(31)18-11-17-9-15(14-5-6-14)10-19(22(23,24)25)29(17)26-18/h9-11,13-14,16H,4-8,12H2,1-3H3. The van der Waals surface area contributed by atoms with Gasteiger partial charge in [-0.1, -0.05) is 6.92 Å². The molecular weight excluding hydrogens is 409 g/mol. The fraction of sp³-hybridized carbons (Fsp3) is 0.591. The summed E-state index contributed by atoms with van der Waals surface area (Å²) in [6.07, 6.45) is -0.964. The number of amides is 2. The summed E-state index contributed by atoms with van der Waals surface area (Å²) in [5, 5.41) is 3.97. The topological polar surface area (TPSA) is 57.9 Å². The lowest BCUT2D eigenvalue weighted by Gasteiger charge is -2.40. The minimum Gasteiger partial charge on any atom is -0.341 e. The van der Waals surface area contributed by atoms with E-state index < -0.39 is 17.8 Å². The van der Waals surface area contributed by atoms with E-state index >= 15 is 0 Å². The van der Waals surface area contributed by atoms with Crippen LogP contribution in [0.4, 0.5) is 13.2 Å². The summed E-state index contributed by atoms with van der Waals surface area (Å²) < 4.78 is 41.6. The zero-order chi connectivity index (χ0) is 22.5. The maximum atomic E-state index is 13.6. The summed E-state index contributed by atoms with van der Waals surface area (Å²) in [6.45, 7) is 4.00. The van der Waals surface area contributed by atoms with Crippen molar-refractivity contribution in [2.75, 3.05) is 20.1 Å². The average molecular weight is 436 g/mol. The molecule has 2 aliphatic rings. The van der Waals surface area contributed by atoms with Crippen LogP contribution < -0.4 is 0 Å². The number of hydrogen-bond donors (Lipinski definition) is 0. The van der Waals surface area contributed by atoms with Crippen molar-refractivity contribution in [2.24, 2.45) is 5.92 Å². The van der Waals surface area contributed by atoms with Crippen molar-refractivity contribution in [3.05, 3.63) is 35.2 Å². The number of fused-ring (bicyclic) bond motifs is 1. The molecule has 0 radical (unpaired) electrons. The number of alkyl halides is 3. The Morgan fingerprint density at radius 3 is 2.42 bits per heavy atom. The highest BCUT2D eigenvalue weighted by atomic mass is 19.4. The Hall–Kier alpha value is -2.58. The molecule has 2 amide bonds. The first-order chi connectivity index (χ1) is 14.6. The number of carbonyl (C=O) groups is 2. The van der Waals surface area contributed by atoms with Crippen molar-refractivity contribution in [3.63, 3.8) is 0 Å². The van der Waals surface area contributed by atoms with Gasteiger partial charge in [0, 0.05) is 19.6 Å². The summed E-state index contributed by atoms with van der Waals surface area (Å²) in [6, 6.07) is 4.36. The first-order valence-electron chi connectivity index (χ1n) is 10.7. The molecule has 2 saturated carbocycles. The zero-order valence-corrected chi connectivity index (χ0v) is 17.9. The Kier molecular flexibility index (Phi) is 5.47. The summed E-state index contributed by atoms with van der Waals surface area (Å²) in [7, 11) is 1.73. The molecule has 168 valence electrons. The van der Waals surface area contributed by atoms with Crippen LogP contribution in [-0.2, 0) is 11.0 Å². The number of likely N-dealkylation sites (N-methyl/N-ethyl adjacent to an activating group) is 2. The summed E-state index contributed by atoms with van der Waals surface area (Å²) in [5.41, 5.74) is -0.113. The molecule has 2 aromatic rings. The molecular formula is C22H27F3N4O2. The number of pyridine rings is 1. The van der Waals surface area contributed by atoms with Gasteiger partial charge in [0.15, 0.2) is 5.69 Å². The van der Waals surface area contributed by atoms with Crippen LogP contribution in [0.5, 0.6) is 0 Å². The smallest absolute Gasteiger partial charge is 0.341 e. The number of hydrogen-bond acceptors (Lipinski definition) is 3. The number of nitrogens with zero attached hydrogens (tertiary/aromatic N) is 4. The second-order valence-electron chi connectivity index (χ2n) is 8.87. The van der Waals surface area contributed by atoms with Crippen molar-refractivity contribution in [3.8, 4) is 0 Å². The van der Waals surface area contributed by atoms with Gasteiger partial charge in [0.25, 0.3) is 5.91 Å². The molecule has 2 fully saturated rings. The molecule has 2 aliphatic carbocycles. The lowest BCUT2D eigenvalue weighted by atomic mass is 9.81. The Labute approximate surface area is 179 Å². The third-order valence-electron chi connectivity index (χ3n) is 6.43.